The summed E-state index contributed by atoms with van der Waals surface area (Å²) in [6, 6.07) is 6.24. The molecule has 0 bridgehead atoms. The number of carbonyl (C=O) groups is 1. The topological polar surface area (TPSA) is 61.8 Å². The third kappa shape index (κ3) is 6.39. The Morgan fingerprint density at radius 1 is 1.50 bits per heavy atom. The van der Waals surface area contributed by atoms with Crippen molar-refractivity contribution in [2.45, 2.75) is 25.0 Å². The molecule has 1 aliphatic rings. The molecular formula is C18H25FN2O3. The summed E-state index contributed by atoms with van der Waals surface area (Å²) in [7, 11) is 1.57. The van der Waals surface area contributed by atoms with Crippen LogP contribution in [0.15, 0.2) is 30.3 Å². The Morgan fingerprint density at radius 3 is 2.92 bits per heavy atom. The van der Waals surface area contributed by atoms with E-state index in [1.54, 1.807) is 25.3 Å². The van der Waals surface area contributed by atoms with Crippen LogP contribution in [-0.2, 0) is 9.53 Å². The van der Waals surface area contributed by atoms with E-state index in [-0.39, 0.29) is 17.8 Å². The van der Waals surface area contributed by atoms with Crippen LogP contribution < -0.4 is 5.32 Å². The number of aliphatic hydroxyl groups is 1. The lowest BCUT2D eigenvalue weighted by Crippen LogP contribution is -2.46. The van der Waals surface area contributed by atoms with Gasteiger partial charge in [0.05, 0.1) is 12.7 Å². The smallest absolute Gasteiger partial charge is 0.244 e. The SMILES string of the molecule is COCC(O)CN1CCC(NC(=O)/C=C/c2cccc(F)c2)CC1. The molecule has 1 aromatic rings. The molecule has 1 amide bonds. The van der Waals surface area contributed by atoms with Gasteiger partial charge >= 0.3 is 0 Å². The monoisotopic (exact) mass is 336 g/mol. The average molecular weight is 336 g/mol. The summed E-state index contributed by atoms with van der Waals surface area (Å²) >= 11 is 0. The van der Waals surface area contributed by atoms with Gasteiger partial charge in [-0.3, -0.25) is 4.79 Å². The first kappa shape index (κ1) is 18.6. The second-order valence-corrected chi connectivity index (χ2v) is 6.08. The van der Waals surface area contributed by atoms with Crippen molar-refractivity contribution in [3.63, 3.8) is 0 Å². The molecule has 1 aliphatic heterocycles. The van der Waals surface area contributed by atoms with Crippen LogP contribution in [0.4, 0.5) is 4.39 Å². The highest BCUT2D eigenvalue weighted by Gasteiger charge is 2.21. The second kappa shape index (κ2) is 9.52. The van der Waals surface area contributed by atoms with Crippen LogP contribution in [0.25, 0.3) is 6.08 Å². The Hall–Kier alpha value is -1.76. The summed E-state index contributed by atoms with van der Waals surface area (Å²) in [4.78, 5) is 14.1. The lowest BCUT2D eigenvalue weighted by molar-refractivity contribution is -0.117. The van der Waals surface area contributed by atoms with Crippen LogP contribution >= 0.6 is 0 Å². The minimum absolute atomic E-state index is 0.130. The van der Waals surface area contributed by atoms with Gasteiger partial charge in [0.2, 0.25) is 5.91 Å². The summed E-state index contributed by atoms with van der Waals surface area (Å²) in [5.41, 5.74) is 0.659. The van der Waals surface area contributed by atoms with E-state index >= 15 is 0 Å². The van der Waals surface area contributed by atoms with E-state index in [0.29, 0.717) is 18.7 Å². The number of ether oxygens (including phenoxy) is 1. The molecule has 5 nitrogen and oxygen atoms in total. The van der Waals surface area contributed by atoms with Gasteiger partial charge in [0, 0.05) is 38.9 Å². The molecule has 0 saturated carbocycles. The number of likely N-dealkylation sites (tertiary alicyclic amines) is 1. The van der Waals surface area contributed by atoms with Crippen molar-refractivity contribution in [3.05, 3.63) is 41.7 Å². The number of benzene rings is 1. The molecule has 0 aromatic heterocycles. The highest BCUT2D eigenvalue weighted by Crippen LogP contribution is 2.11. The van der Waals surface area contributed by atoms with Gasteiger partial charge in [0.25, 0.3) is 0 Å². The van der Waals surface area contributed by atoms with Crippen LogP contribution in [0, 0.1) is 5.82 Å². The number of hydrogen-bond donors (Lipinski definition) is 2. The summed E-state index contributed by atoms with van der Waals surface area (Å²) in [5.74, 6) is -0.488. The maximum Gasteiger partial charge on any atom is 0.244 e. The molecule has 0 spiro atoms. The third-order valence-electron chi connectivity index (χ3n) is 4.04. The quantitative estimate of drug-likeness (QED) is 0.740. The van der Waals surface area contributed by atoms with Gasteiger partial charge in [0.15, 0.2) is 0 Å². The van der Waals surface area contributed by atoms with Crippen LogP contribution in [0.5, 0.6) is 0 Å². The summed E-state index contributed by atoms with van der Waals surface area (Å²) in [5, 5.41) is 12.7. The number of hydrogen-bond acceptors (Lipinski definition) is 4. The molecule has 1 unspecified atom stereocenters. The van der Waals surface area contributed by atoms with E-state index in [4.69, 9.17) is 4.74 Å². The maximum atomic E-state index is 13.1. The Bertz CT molecular complexity index is 557. The van der Waals surface area contributed by atoms with Crippen LogP contribution in [0.2, 0.25) is 0 Å². The normalized spacial score (nSPS) is 18.0. The molecule has 1 saturated heterocycles. The van der Waals surface area contributed by atoms with Gasteiger partial charge in [-0.15, -0.1) is 0 Å². The van der Waals surface area contributed by atoms with Gasteiger partial charge in [-0.05, 0) is 36.6 Å². The second-order valence-electron chi connectivity index (χ2n) is 6.08. The van der Waals surface area contributed by atoms with Crippen molar-refractivity contribution < 1.29 is 19.0 Å². The summed E-state index contributed by atoms with van der Waals surface area (Å²) < 4.78 is 18.0. The maximum absolute atomic E-state index is 13.1. The number of halogens is 1. The predicted molar refractivity (Wildman–Crippen MR) is 90.9 cm³/mol. The molecule has 2 N–H and O–H groups in total. The van der Waals surface area contributed by atoms with Gasteiger partial charge in [-0.1, -0.05) is 12.1 Å². The Morgan fingerprint density at radius 2 is 2.25 bits per heavy atom. The standard InChI is InChI=1S/C18H25FN2O3/c1-24-13-17(22)12-21-9-7-16(8-10-21)20-18(23)6-5-14-3-2-4-15(19)11-14/h2-6,11,16-17,22H,7-10,12-13H2,1H3,(H,20,23)/b6-5+. The first-order valence-electron chi connectivity index (χ1n) is 8.20. The largest absolute Gasteiger partial charge is 0.389 e. The lowest BCUT2D eigenvalue weighted by atomic mass is 10.0. The van der Waals surface area contributed by atoms with E-state index in [1.165, 1.54) is 18.2 Å². The fraction of sp³-hybridized carbons (Fsp3) is 0.500. The van der Waals surface area contributed by atoms with Gasteiger partial charge in [-0.2, -0.15) is 0 Å². The number of nitrogens with zero attached hydrogens (tertiary/aromatic N) is 1. The predicted octanol–water partition coefficient (Wildman–Crippen LogP) is 1.43. The van der Waals surface area contributed by atoms with E-state index in [9.17, 15) is 14.3 Å². The van der Waals surface area contributed by atoms with Crippen LogP contribution in [0.3, 0.4) is 0 Å². The number of rotatable bonds is 7. The molecule has 0 aliphatic carbocycles. The van der Waals surface area contributed by atoms with Crippen molar-refractivity contribution in [2.75, 3.05) is 33.4 Å². The molecule has 6 heteroatoms. The van der Waals surface area contributed by atoms with Crippen molar-refractivity contribution >= 4 is 12.0 Å². The van der Waals surface area contributed by atoms with E-state index in [1.807, 2.05) is 0 Å². The fourth-order valence-electron chi connectivity index (χ4n) is 2.83. The number of nitrogens with one attached hydrogen (secondary N) is 1. The summed E-state index contributed by atoms with van der Waals surface area (Å²) in [6.07, 6.45) is 4.26. The fourth-order valence-corrected chi connectivity index (χ4v) is 2.83. The van der Waals surface area contributed by atoms with Crippen LogP contribution in [-0.4, -0.2) is 61.4 Å². The number of piperidine rings is 1. The molecule has 1 heterocycles. The van der Waals surface area contributed by atoms with E-state index in [0.717, 1.165) is 25.9 Å². The third-order valence-corrected chi connectivity index (χ3v) is 4.04. The summed E-state index contributed by atoms with van der Waals surface area (Å²) in [6.45, 7) is 2.59. The molecule has 24 heavy (non-hydrogen) atoms. The molecule has 1 fully saturated rings. The molecule has 2 rings (SSSR count). The Balaban J connectivity index is 1.72. The van der Waals surface area contributed by atoms with Crippen molar-refractivity contribution in [2.24, 2.45) is 0 Å². The molecule has 1 atom stereocenters. The number of methoxy groups -OCH3 is 1. The minimum atomic E-state index is -0.477. The molecule has 0 radical (unpaired) electrons. The zero-order valence-electron chi connectivity index (χ0n) is 14.0. The van der Waals surface area contributed by atoms with Crippen molar-refractivity contribution in [1.29, 1.82) is 0 Å². The zero-order chi connectivity index (χ0) is 17.4. The number of β-amino-alcohol motifs (C(OH)–C–C–N with tert-alkyl or cyclic N) is 1. The minimum Gasteiger partial charge on any atom is -0.389 e. The molecular weight excluding hydrogens is 311 g/mol. The van der Waals surface area contributed by atoms with E-state index < -0.39 is 6.10 Å². The van der Waals surface area contributed by atoms with E-state index in [2.05, 4.69) is 10.2 Å². The number of carbonyl (C=O) groups excluding carboxylic acids is 1. The molecule has 132 valence electrons. The van der Waals surface area contributed by atoms with Crippen molar-refractivity contribution in [3.8, 4) is 0 Å². The zero-order valence-corrected chi connectivity index (χ0v) is 14.0. The highest BCUT2D eigenvalue weighted by molar-refractivity contribution is 5.91. The Labute approximate surface area is 142 Å². The lowest BCUT2D eigenvalue weighted by Gasteiger charge is -2.33. The number of amides is 1. The average Bonchev–Trinajstić information content (AvgIpc) is 2.55. The van der Waals surface area contributed by atoms with Crippen LogP contribution in [0.1, 0.15) is 18.4 Å². The van der Waals surface area contributed by atoms with Crippen molar-refractivity contribution in [1.82, 2.24) is 10.2 Å². The first-order valence-corrected chi connectivity index (χ1v) is 8.20. The van der Waals surface area contributed by atoms with Gasteiger partial charge in [-0.25, -0.2) is 4.39 Å². The molecule has 1 aromatic carbocycles. The number of aliphatic hydroxyl groups excluding tert-OH is 1. The Kier molecular flexibility index (Phi) is 7.36. The van der Waals surface area contributed by atoms with Gasteiger partial charge < -0.3 is 20.1 Å². The van der Waals surface area contributed by atoms with Gasteiger partial charge in [0.1, 0.15) is 5.82 Å². The highest BCUT2D eigenvalue weighted by atomic mass is 19.1. The first-order chi connectivity index (χ1) is 11.6.